The van der Waals surface area contributed by atoms with Gasteiger partial charge in [0.25, 0.3) is 0 Å². The second-order valence-electron chi connectivity index (χ2n) is 4.90. The van der Waals surface area contributed by atoms with E-state index in [0.717, 1.165) is 29.4 Å². The van der Waals surface area contributed by atoms with Gasteiger partial charge in [-0.25, -0.2) is 0 Å². The molecule has 0 bridgehead atoms. The molecule has 1 saturated heterocycles. The van der Waals surface area contributed by atoms with E-state index in [0.29, 0.717) is 6.04 Å². The first-order valence-electron chi connectivity index (χ1n) is 6.44. The first-order valence-corrected chi connectivity index (χ1v) is 6.82. The Labute approximate surface area is 114 Å². The van der Waals surface area contributed by atoms with Crippen molar-refractivity contribution in [2.24, 2.45) is 0 Å². The average molecular weight is 269 g/mol. The average Bonchev–Trinajstić information content (AvgIpc) is 2.37. The Hall–Kier alpha value is -0.770. The van der Waals surface area contributed by atoms with Crippen molar-refractivity contribution in [3.63, 3.8) is 0 Å². The van der Waals surface area contributed by atoms with Gasteiger partial charge in [0.1, 0.15) is 5.75 Å². The third kappa shape index (κ3) is 3.37. The molecule has 0 aliphatic carbocycles. The van der Waals surface area contributed by atoms with E-state index in [1.54, 1.807) is 7.11 Å². The van der Waals surface area contributed by atoms with Crippen molar-refractivity contribution in [3.05, 3.63) is 28.8 Å². The highest BCUT2D eigenvalue weighted by molar-refractivity contribution is 6.31. The molecule has 100 valence electrons. The van der Waals surface area contributed by atoms with Gasteiger partial charge in [-0.3, -0.25) is 0 Å². The maximum absolute atomic E-state index is 6.22. The van der Waals surface area contributed by atoms with Crippen molar-refractivity contribution < 1.29 is 4.74 Å². The number of likely N-dealkylation sites (tertiary alicyclic amines) is 1. The summed E-state index contributed by atoms with van der Waals surface area (Å²) in [5.41, 5.74) is 1.05. The second-order valence-corrected chi connectivity index (χ2v) is 5.31. The van der Waals surface area contributed by atoms with Gasteiger partial charge in [0, 0.05) is 29.7 Å². The zero-order valence-electron chi connectivity index (χ0n) is 11.1. The Kier molecular flexibility index (Phi) is 4.87. The number of hydrogen-bond donors (Lipinski definition) is 1. The summed E-state index contributed by atoms with van der Waals surface area (Å²) in [6.45, 7) is 3.07. The summed E-state index contributed by atoms with van der Waals surface area (Å²) < 4.78 is 5.35. The van der Waals surface area contributed by atoms with Gasteiger partial charge in [0.15, 0.2) is 0 Å². The topological polar surface area (TPSA) is 24.5 Å². The summed E-state index contributed by atoms with van der Waals surface area (Å²) in [4.78, 5) is 2.37. The standard InChI is InChI=1S/C14H21ClN2O/c1-17-8-4-5-11(10-17)16-9-12-13(15)6-3-7-14(12)18-2/h3,6-7,11,16H,4-5,8-10H2,1-2H3. The van der Waals surface area contributed by atoms with E-state index in [-0.39, 0.29) is 0 Å². The van der Waals surface area contributed by atoms with E-state index in [9.17, 15) is 0 Å². The van der Waals surface area contributed by atoms with Gasteiger partial charge in [0.2, 0.25) is 0 Å². The second kappa shape index (κ2) is 6.41. The van der Waals surface area contributed by atoms with E-state index >= 15 is 0 Å². The van der Waals surface area contributed by atoms with Gasteiger partial charge in [-0.2, -0.15) is 0 Å². The van der Waals surface area contributed by atoms with Crippen molar-refractivity contribution in [2.45, 2.75) is 25.4 Å². The fourth-order valence-corrected chi connectivity index (χ4v) is 2.71. The minimum Gasteiger partial charge on any atom is -0.496 e. The molecule has 0 saturated carbocycles. The predicted molar refractivity (Wildman–Crippen MR) is 75.4 cm³/mol. The summed E-state index contributed by atoms with van der Waals surface area (Å²) >= 11 is 6.22. The number of nitrogens with zero attached hydrogens (tertiary/aromatic N) is 1. The van der Waals surface area contributed by atoms with Crippen LogP contribution >= 0.6 is 11.6 Å². The molecule has 1 aliphatic heterocycles. The number of likely N-dealkylation sites (N-methyl/N-ethyl adjacent to an activating group) is 1. The van der Waals surface area contributed by atoms with E-state index in [1.807, 2.05) is 18.2 Å². The Bertz CT molecular complexity index is 397. The molecule has 0 spiro atoms. The van der Waals surface area contributed by atoms with Crippen LogP contribution in [-0.4, -0.2) is 38.2 Å². The maximum atomic E-state index is 6.22. The quantitative estimate of drug-likeness (QED) is 0.908. The normalized spacial score (nSPS) is 20.9. The highest BCUT2D eigenvalue weighted by atomic mass is 35.5. The fourth-order valence-electron chi connectivity index (χ4n) is 2.48. The largest absolute Gasteiger partial charge is 0.496 e. The Morgan fingerprint density at radius 3 is 3.06 bits per heavy atom. The van der Waals surface area contributed by atoms with Crippen molar-refractivity contribution in [3.8, 4) is 5.75 Å². The minimum absolute atomic E-state index is 0.546. The molecule has 18 heavy (non-hydrogen) atoms. The molecule has 0 aromatic heterocycles. The molecule has 1 fully saturated rings. The molecule has 3 nitrogen and oxygen atoms in total. The molecule has 0 radical (unpaired) electrons. The fraction of sp³-hybridized carbons (Fsp3) is 0.571. The van der Waals surface area contributed by atoms with E-state index in [1.165, 1.54) is 19.4 Å². The molecule has 1 heterocycles. The summed E-state index contributed by atoms with van der Waals surface area (Å²) in [6, 6.07) is 6.33. The molecule has 1 aliphatic rings. The summed E-state index contributed by atoms with van der Waals surface area (Å²) in [6.07, 6.45) is 2.49. The van der Waals surface area contributed by atoms with Crippen LogP contribution in [0, 0.1) is 0 Å². The lowest BCUT2D eigenvalue weighted by molar-refractivity contribution is 0.226. The Morgan fingerprint density at radius 2 is 2.33 bits per heavy atom. The third-order valence-corrected chi connectivity index (χ3v) is 3.84. The molecule has 2 rings (SSSR count). The van der Waals surface area contributed by atoms with Crippen LogP contribution < -0.4 is 10.1 Å². The lowest BCUT2D eigenvalue weighted by Crippen LogP contribution is -2.43. The van der Waals surface area contributed by atoms with E-state index in [2.05, 4.69) is 17.3 Å². The number of nitrogens with one attached hydrogen (secondary N) is 1. The molecule has 0 amide bonds. The van der Waals surface area contributed by atoms with E-state index < -0.39 is 0 Å². The minimum atomic E-state index is 0.546. The van der Waals surface area contributed by atoms with E-state index in [4.69, 9.17) is 16.3 Å². The number of hydrogen-bond acceptors (Lipinski definition) is 3. The Morgan fingerprint density at radius 1 is 1.50 bits per heavy atom. The number of methoxy groups -OCH3 is 1. The van der Waals surface area contributed by atoms with Gasteiger partial charge >= 0.3 is 0 Å². The summed E-state index contributed by atoms with van der Waals surface area (Å²) in [5, 5.41) is 4.35. The third-order valence-electron chi connectivity index (χ3n) is 3.49. The first kappa shape index (κ1) is 13.7. The van der Waals surface area contributed by atoms with Crippen LogP contribution in [0.4, 0.5) is 0 Å². The zero-order valence-corrected chi connectivity index (χ0v) is 11.8. The first-order chi connectivity index (χ1) is 8.70. The number of piperidine rings is 1. The van der Waals surface area contributed by atoms with Gasteiger partial charge in [0.05, 0.1) is 7.11 Å². The molecule has 1 unspecified atom stereocenters. The molecule has 1 aromatic carbocycles. The lowest BCUT2D eigenvalue weighted by Gasteiger charge is -2.30. The van der Waals surface area contributed by atoms with Crippen LogP contribution in [0.3, 0.4) is 0 Å². The zero-order chi connectivity index (χ0) is 13.0. The maximum Gasteiger partial charge on any atom is 0.124 e. The van der Waals surface area contributed by atoms with Crippen LogP contribution in [0.1, 0.15) is 18.4 Å². The van der Waals surface area contributed by atoms with Crippen molar-refractivity contribution >= 4 is 11.6 Å². The monoisotopic (exact) mass is 268 g/mol. The van der Waals surface area contributed by atoms with Crippen LogP contribution in [0.25, 0.3) is 0 Å². The number of halogens is 1. The Balaban J connectivity index is 1.97. The smallest absolute Gasteiger partial charge is 0.124 e. The lowest BCUT2D eigenvalue weighted by atomic mass is 10.1. The molecule has 1 atom stereocenters. The van der Waals surface area contributed by atoms with Gasteiger partial charge in [-0.15, -0.1) is 0 Å². The molecular formula is C14H21ClN2O. The molecule has 1 aromatic rings. The summed E-state index contributed by atoms with van der Waals surface area (Å²) in [5.74, 6) is 0.860. The number of ether oxygens (including phenoxy) is 1. The molecular weight excluding hydrogens is 248 g/mol. The van der Waals surface area contributed by atoms with Crippen molar-refractivity contribution in [1.29, 1.82) is 0 Å². The molecule has 4 heteroatoms. The van der Waals surface area contributed by atoms with Crippen LogP contribution in [-0.2, 0) is 6.54 Å². The molecule has 1 N–H and O–H groups in total. The van der Waals surface area contributed by atoms with Crippen molar-refractivity contribution in [2.75, 3.05) is 27.2 Å². The summed E-state index contributed by atoms with van der Waals surface area (Å²) in [7, 11) is 3.85. The van der Waals surface area contributed by atoms with Crippen molar-refractivity contribution in [1.82, 2.24) is 10.2 Å². The van der Waals surface area contributed by atoms with Crippen LogP contribution in [0.5, 0.6) is 5.75 Å². The van der Waals surface area contributed by atoms with Gasteiger partial charge in [-0.1, -0.05) is 17.7 Å². The SMILES string of the molecule is COc1cccc(Cl)c1CNC1CCCN(C)C1. The number of rotatable bonds is 4. The van der Waals surface area contributed by atoms with Gasteiger partial charge in [-0.05, 0) is 38.6 Å². The highest BCUT2D eigenvalue weighted by Crippen LogP contribution is 2.26. The highest BCUT2D eigenvalue weighted by Gasteiger charge is 2.17. The van der Waals surface area contributed by atoms with Crippen LogP contribution in [0.15, 0.2) is 18.2 Å². The predicted octanol–water partition coefficient (Wildman–Crippen LogP) is 2.53. The van der Waals surface area contributed by atoms with Gasteiger partial charge < -0.3 is 15.0 Å². The van der Waals surface area contributed by atoms with Crippen LogP contribution in [0.2, 0.25) is 5.02 Å². The number of benzene rings is 1.